The summed E-state index contributed by atoms with van der Waals surface area (Å²) in [5, 5.41) is 21.7. The molecule has 5 nitrogen and oxygen atoms in total. The molecule has 1 unspecified atom stereocenters. The van der Waals surface area contributed by atoms with Crippen molar-refractivity contribution in [1.82, 2.24) is 0 Å². The van der Waals surface area contributed by atoms with E-state index in [4.69, 9.17) is 9.47 Å². The minimum absolute atomic E-state index is 0.206. The van der Waals surface area contributed by atoms with Crippen molar-refractivity contribution in [1.29, 1.82) is 0 Å². The Balaban J connectivity index is 2.59. The van der Waals surface area contributed by atoms with Crippen LogP contribution in [0, 0.1) is 0 Å². The van der Waals surface area contributed by atoms with Crippen molar-refractivity contribution in [3.05, 3.63) is 48.0 Å². The van der Waals surface area contributed by atoms with Crippen LogP contribution in [-0.2, 0) is 19.9 Å². The van der Waals surface area contributed by atoms with Crippen LogP contribution in [0.5, 0.6) is 0 Å². The molecule has 20 heavy (non-hydrogen) atoms. The maximum absolute atomic E-state index is 11.5. The predicted octanol–water partition coefficient (Wildman–Crippen LogP) is 1.73. The number of ether oxygens (including phenoxy) is 2. The largest absolute Gasteiger partial charge is 0.479 e. The summed E-state index contributed by atoms with van der Waals surface area (Å²) in [6.07, 6.45) is -1.30. The van der Waals surface area contributed by atoms with Crippen LogP contribution < -0.4 is 0 Å². The minimum Gasteiger partial charge on any atom is -0.479 e. The molecule has 0 bridgehead atoms. The number of fused-ring (bicyclic) bond motifs is 1. The molecule has 2 rings (SSSR count). The maximum atomic E-state index is 11.5. The molecule has 2 N–H and O–H groups in total. The molecule has 2 aromatic rings. The summed E-state index contributed by atoms with van der Waals surface area (Å²) >= 11 is 0. The van der Waals surface area contributed by atoms with Gasteiger partial charge in [0.05, 0.1) is 0 Å². The van der Waals surface area contributed by atoms with Gasteiger partial charge < -0.3 is 19.7 Å². The third-order valence-corrected chi connectivity index (χ3v) is 3.28. The molecular weight excluding hydrogens is 260 g/mol. The number of methoxy groups -OCH3 is 2. The third-order valence-electron chi connectivity index (χ3n) is 3.28. The smallest absolute Gasteiger partial charge is 0.345 e. The van der Waals surface area contributed by atoms with Crippen LogP contribution in [0.1, 0.15) is 5.56 Å². The Hall–Kier alpha value is -1.95. The van der Waals surface area contributed by atoms with Gasteiger partial charge in [-0.1, -0.05) is 36.4 Å². The first-order valence-corrected chi connectivity index (χ1v) is 6.04. The number of carboxylic acids is 1. The highest BCUT2D eigenvalue weighted by atomic mass is 16.7. The van der Waals surface area contributed by atoms with Gasteiger partial charge in [-0.25, -0.2) is 4.79 Å². The molecular formula is C15H16O5. The van der Waals surface area contributed by atoms with E-state index < -0.39 is 17.9 Å². The molecule has 0 radical (unpaired) electrons. The number of aliphatic hydroxyl groups is 1. The van der Waals surface area contributed by atoms with Gasteiger partial charge in [-0.2, -0.15) is 0 Å². The summed E-state index contributed by atoms with van der Waals surface area (Å²) in [6, 6.07) is 12.4. The first-order chi connectivity index (χ1) is 9.53. The number of carbonyl (C=O) groups is 1. The molecule has 2 aromatic carbocycles. The lowest BCUT2D eigenvalue weighted by atomic mass is 9.91. The normalized spacial score (nSPS) is 14.4. The van der Waals surface area contributed by atoms with E-state index >= 15 is 0 Å². The molecule has 0 aliphatic carbocycles. The molecule has 1 atom stereocenters. The zero-order valence-electron chi connectivity index (χ0n) is 11.2. The van der Waals surface area contributed by atoms with Crippen LogP contribution in [0.15, 0.2) is 42.5 Å². The summed E-state index contributed by atoms with van der Waals surface area (Å²) in [6.45, 7) is 0. The average molecular weight is 276 g/mol. The second-order valence-corrected chi connectivity index (χ2v) is 4.44. The molecule has 106 valence electrons. The van der Waals surface area contributed by atoms with Gasteiger partial charge in [0, 0.05) is 19.8 Å². The molecule has 0 aromatic heterocycles. The number of hydrogen-bond acceptors (Lipinski definition) is 4. The Labute approximate surface area is 116 Å². The van der Waals surface area contributed by atoms with E-state index in [1.54, 1.807) is 18.2 Å². The fourth-order valence-corrected chi connectivity index (χ4v) is 2.22. The number of benzene rings is 2. The van der Waals surface area contributed by atoms with Crippen molar-refractivity contribution < 1.29 is 24.5 Å². The van der Waals surface area contributed by atoms with Crippen LogP contribution in [0.25, 0.3) is 10.8 Å². The fraction of sp³-hybridized carbons (Fsp3) is 0.267. The Morgan fingerprint density at radius 2 is 1.70 bits per heavy atom. The molecule has 5 heteroatoms. The molecule has 0 saturated heterocycles. The number of hydrogen-bond donors (Lipinski definition) is 2. The van der Waals surface area contributed by atoms with Crippen molar-refractivity contribution in [2.75, 3.05) is 14.2 Å². The second-order valence-electron chi connectivity index (χ2n) is 4.44. The summed E-state index contributed by atoms with van der Waals surface area (Å²) in [5.41, 5.74) is -2.06. The van der Waals surface area contributed by atoms with Gasteiger partial charge in [-0.15, -0.1) is 0 Å². The zero-order valence-corrected chi connectivity index (χ0v) is 11.2. The van der Waals surface area contributed by atoms with E-state index in [0.717, 1.165) is 10.8 Å². The number of rotatable bonds is 5. The highest BCUT2D eigenvalue weighted by molar-refractivity contribution is 5.86. The highest BCUT2D eigenvalue weighted by Gasteiger charge is 2.47. The number of carboxylic acid groups (broad SMARTS) is 1. The van der Waals surface area contributed by atoms with Gasteiger partial charge in [-0.05, 0) is 16.8 Å². The summed E-state index contributed by atoms with van der Waals surface area (Å²) in [7, 11) is 2.56. The lowest BCUT2D eigenvalue weighted by molar-refractivity contribution is -0.229. The van der Waals surface area contributed by atoms with Crippen molar-refractivity contribution in [2.45, 2.75) is 11.9 Å². The van der Waals surface area contributed by atoms with Crippen LogP contribution in [0.4, 0.5) is 0 Å². The van der Waals surface area contributed by atoms with E-state index in [-0.39, 0.29) is 5.56 Å². The van der Waals surface area contributed by atoms with Crippen molar-refractivity contribution >= 4 is 16.7 Å². The summed E-state index contributed by atoms with van der Waals surface area (Å²) in [4.78, 5) is 11.5. The van der Waals surface area contributed by atoms with Crippen LogP contribution in [0.2, 0.25) is 0 Å². The van der Waals surface area contributed by atoms with Gasteiger partial charge >= 0.3 is 5.97 Å². The van der Waals surface area contributed by atoms with Gasteiger partial charge in [-0.3, -0.25) is 0 Å². The monoisotopic (exact) mass is 276 g/mol. The Kier molecular flexibility index (Phi) is 4.04. The van der Waals surface area contributed by atoms with E-state index in [1.807, 2.05) is 24.3 Å². The van der Waals surface area contributed by atoms with E-state index in [0.29, 0.717) is 0 Å². The van der Waals surface area contributed by atoms with E-state index in [9.17, 15) is 15.0 Å². The van der Waals surface area contributed by atoms with Crippen LogP contribution in [-0.4, -0.2) is 36.7 Å². The average Bonchev–Trinajstić information content (AvgIpc) is 2.47. The van der Waals surface area contributed by atoms with Gasteiger partial charge in [0.1, 0.15) is 0 Å². The fourth-order valence-electron chi connectivity index (χ4n) is 2.22. The van der Waals surface area contributed by atoms with Crippen LogP contribution >= 0.6 is 0 Å². The highest BCUT2D eigenvalue weighted by Crippen LogP contribution is 2.30. The summed E-state index contributed by atoms with van der Waals surface area (Å²) < 4.78 is 9.88. The molecule has 0 aliphatic rings. The molecule has 0 amide bonds. The Morgan fingerprint density at radius 1 is 1.10 bits per heavy atom. The molecule has 0 aliphatic heterocycles. The summed E-state index contributed by atoms with van der Waals surface area (Å²) in [5.74, 6) is -1.43. The lowest BCUT2D eigenvalue weighted by Crippen LogP contribution is -2.48. The molecule has 0 fully saturated rings. The van der Waals surface area contributed by atoms with Crippen molar-refractivity contribution in [2.24, 2.45) is 0 Å². The van der Waals surface area contributed by atoms with Gasteiger partial charge in [0.15, 0.2) is 0 Å². The Morgan fingerprint density at radius 3 is 2.25 bits per heavy atom. The number of aliphatic carboxylic acids is 1. The van der Waals surface area contributed by atoms with Crippen molar-refractivity contribution in [3.63, 3.8) is 0 Å². The molecule has 0 spiro atoms. The minimum atomic E-state index is -2.27. The second kappa shape index (κ2) is 5.58. The van der Waals surface area contributed by atoms with E-state index in [1.165, 1.54) is 14.2 Å². The zero-order chi connectivity index (χ0) is 14.8. The van der Waals surface area contributed by atoms with Gasteiger partial charge in [0.2, 0.25) is 11.9 Å². The standard InChI is InChI=1S/C15H16O5/c1-19-14(20-2)15(18,13(16)17)12-8-7-10-5-3-4-6-11(10)9-12/h3-9,14,18H,1-2H3,(H,16,17). The SMILES string of the molecule is COC(OC)C(O)(C(=O)O)c1ccc2ccccc2c1. The predicted molar refractivity (Wildman–Crippen MR) is 73.3 cm³/mol. The first-order valence-electron chi connectivity index (χ1n) is 6.04. The maximum Gasteiger partial charge on any atom is 0.345 e. The van der Waals surface area contributed by atoms with Crippen molar-refractivity contribution in [3.8, 4) is 0 Å². The van der Waals surface area contributed by atoms with Gasteiger partial charge in [0.25, 0.3) is 0 Å². The third kappa shape index (κ3) is 2.27. The van der Waals surface area contributed by atoms with E-state index in [2.05, 4.69) is 0 Å². The Bertz CT molecular complexity index is 620. The molecule has 0 saturated carbocycles. The quantitative estimate of drug-likeness (QED) is 0.813. The lowest BCUT2D eigenvalue weighted by Gasteiger charge is -2.30. The molecule has 0 heterocycles. The first kappa shape index (κ1) is 14.5. The topological polar surface area (TPSA) is 76.0 Å². The van der Waals surface area contributed by atoms with Crippen LogP contribution in [0.3, 0.4) is 0 Å².